The first-order valence-corrected chi connectivity index (χ1v) is 9.79. The summed E-state index contributed by atoms with van der Waals surface area (Å²) in [6.45, 7) is 15.5. The third kappa shape index (κ3) is 6.10. The van der Waals surface area contributed by atoms with Crippen LogP contribution >= 0.6 is 0 Å². The monoisotopic (exact) mass is 332 g/mol. The van der Waals surface area contributed by atoms with Gasteiger partial charge in [-0.1, -0.05) is 19.4 Å². The molecular weight excluding hydrogens is 296 g/mol. The summed E-state index contributed by atoms with van der Waals surface area (Å²) in [5.41, 5.74) is 2.76. The van der Waals surface area contributed by atoms with E-state index in [4.69, 9.17) is 4.74 Å². The number of rotatable bonds is 9. The zero-order valence-electron chi connectivity index (χ0n) is 16.2. The fraction of sp³-hybridized carbons (Fsp3) is 0.714. The number of benzene rings is 1. The zero-order chi connectivity index (χ0) is 17.4. The van der Waals surface area contributed by atoms with Crippen molar-refractivity contribution in [1.29, 1.82) is 0 Å². The quantitative estimate of drug-likeness (QED) is 0.663. The summed E-state index contributed by atoms with van der Waals surface area (Å²) in [7, 11) is 0. The lowest BCUT2D eigenvalue weighted by Crippen LogP contribution is -2.33. The van der Waals surface area contributed by atoms with Crippen LogP contribution in [0.5, 0.6) is 5.75 Å². The van der Waals surface area contributed by atoms with Crippen molar-refractivity contribution >= 4 is 0 Å². The van der Waals surface area contributed by atoms with Gasteiger partial charge in [0.2, 0.25) is 0 Å². The maximum absolute atomic E-state index is 5.99. The molecule has 3 nitrogen and oxygen atoms in total. The van der Waals surface area contributed by atoms with Gasteiger partial charge < -0.3 is 4.74 Å². The highest BCUT2D eigenvalue weighted by molar-refractivity contribution is 5.34. The minimum absolute atomic E-state index is 0.588. The lowest BCUT2D eigenvalue weighted by Gasteiger charge is -2.27. The molecule has 1 saturated heterocycles. The van der Waals surface area contributed by atoms with Gasteiger partial charge in [-0.25, -0.2) is 0 Å². The topological polar surface area (TPSA) is 15.7 Å². The maximum Gasteiger partial charge on any atom is 0.119 e. The predicted molar refractivity (Wildman–Crippen MR) is 103 cm³/mol. The highest BCUT2D eigenvalue weighted by atomic mass is 16.5. The average Bonchev–Trinajstić information content (AvgIpc) is 2.57. The molecule has 0 unspecified atom stereocenters. The van der Waals surface area contributed by atoms with Crippen LogP contribution in [-0.2, 0) is 6.54 Å². The number of ether oxygens (including phenoxy) is 1. The van der Waals surface area contributed by atoms with E-state index in [0.29, 0.717) is 6.04 Å². The second-order valence-corrected chi connectivity index (χ2v) is 7.40. The molecule has 1 aliphatic heterocycles. The highest BCUT2D eigenvalue weighted by Crippen LogP contribution is 2.20. The van der Waals surface area contributed by atoms with E-state index in [1.54, 1.807) is 0 Å². The van der Waals surface area contributed by atoms with E-state index in [9.17, 15) is 0 Å². The standard InChI is InChI=1S/C21H36N2O/c1-5-11-23(18(2)3)17-20-9-10-21(16-19(20)4)24-15-14-22-12-7-6-8-13-22/h9-10,16,18H,5-8,11-15,17H2,1-4H3. The lowest BCUT2D eigenvalue weighted by molar-refractivity contribution is 0.183. The van der Waals surface area contributed by atoms with E-state index in [1.165, 1.54) is 49.9 Å². The molecule has 3 heteroatoms. The molecule has 136 valence electrons. The van der Waals surface area contributed by atoms with Gasteiger partial charge >= 0.3 is 0 Å². The fourth-order valence-corrected chi connectivity index (χ4v) is 3.44. The molecule has 0 amide bonds. The largest absolute Gasteiger partial charge is 0.492 e. The molecule has 2 rings (SSSR count). The summed E-state index contributed by atoms with van der Waals surface area (Å²) < 4.78 is 5.99. The summed E-state index contributed by atoms with van der Waals surface area (Å²) in [5.74, 6) is 1.01. The first-order chi connectivity index (χ1) is 11.6. The Morgan fingerprint density at radius 1 is 1.17 bits per heavy atom. The van der Waals surface area contributed by atoms with Crippen molar-refractivity contribution in [3.8, 4) is 5.75 Å². The summed E-state index contributed by atoms with van der Waals surface area (Å²) in [4.78, 5) is 5.06. The second-order valence-electron chi connectivity index (χ2n) is 7.40. The summed E-state index contributed by atoms with van der Waals surface area (Å²) in [5, 5.41) is 0. The van der Waals surface area contributed by atoms with Gasteiger partial charge in [0.1, 0.15) is 12.4 Å². The average molecular weight is 333 g/mol. The molecule has 1 aromatic carbocycles. The minimum atomic E-state index is 0.588. The Morgan fingerprint density at radius 3 is 2.54 bits per heavy atom. The van der Waals surface area contributed by atoms with Gasteiger partial charge in [-0.2, -0.15) is 0 Å². The number of hydrogen-bond acceptors (Lipinski definition) is 3. The first kappa shape index (κ1) is 19.3. The van der Waals surface area contributed by atoms with Crippen LogP contribution in [0.3, 0.4) is 0 Å². The Morgan fingerprint density at radius 2 is 1.92 bits per heavy atom. The molecule has 24 heavy (non-hydrogen) atoms. The van der Waals surface area contributed by atoms with Crippen LogP contribution in [0.4, 0.5) is 0 Å². The molecule has 0 bridgehead atoms. The van der Waals surface area contributed by atoms with Crippen molar-refractivity contribution < 1.29 is 4.74 Å². The van der Waals surface area contributed by atoms with E-state index in [-0.39, 0.29) is 0 Å². The van der Waals surface area contributed by atoms with Crippen LogP contribution in [0.25, 0.3) is 0 Å². The second kappa shape index (κ2) is 10.0. The Kier molecular flexibility index (Phi) is 8.07. The van der Waals surface area contributed by atoms with Gasteiger partial charge in [-0.15, -0.1) is 0 Å². The van der Waals surface area contributed by atoms with E-state index in [2.05, 4.69) is 55.7 Å². The van der Waals surface area contributed by atoms with Crippen molar-refractivity contribution in [2.24, 2.45) is 0 Å². The van der Waals surface area contributed by atoms with Crippen LogP contribution in [0.15, 0.2) is 18.2 Å². The van der Waals surface area contributed by atoms with Gasteiger partial charge in [-0.3, -0.25) is 9.80 Å². The Bertz CT molecular complexity index is 481. The Balaban J connectivity index is 1.84. The molecule has 1 aliphatic rings. The van der Waals surface area contributed by atoms with Crippen LogP contribution in [0.2, 0.25) is 0 Å². The molecule has 0 aromatic heterocycles. The third-order valence-corrected chi connectivity index (χ3v) is 5.05. The van der Waals surface area contributed by atoms with Crippen molar-refractivity contribution in [3.05, 3.63) is 29.3 Å². The minimum Gasteiger partial charge on any atom is -0.492 e. The van der Waals surface area contributed by atoms with Crippen molar-refractivity contribution in [2.45, 2.75) is 66.0 Å². The summed E-state index contributed by atoms with van der Waals surface area (Å²) >= 11 is 0. The molecule has 0 aliphatic carbocycles. The summed E-state index contributed by atoms with van der Waals surface area (Å²) in [6.07, 6.45) is 5.29. The molecule has 1 aromatic rings. The van der Waals surface area contributed by atoms with Crippen molar-refractivity contribution in [3.63, 3.8) is 0 Å². The maximum atomic E-state index is 5.99. The molecular formula is C21H36N2O. The first-order valence-electron chi connectivity index (χ1n) is 9.79. The van der Waals surface area contributed by atoms with E-state index in [1.807, 2.05) is 0 Å². The van der Waals surface area contributed by atoms with Crippen LogP contribution < -0.4 is 4.74 Å². The highest BCUT2D eigenvalue weighted by Gasteiger charge is 2.12. The number of hydrogen-bond donors (Lipinski definition) is 0. The lowest BCUT2D eigenvalue weighted by atomic mass is 10.1. The Hall–Kier alpha value is -1.06. The molecule has 0 N–H and O–H groups in total. The number of likely N-dealkylation sites (tertiary alicyclic amines) is 1. The molecule has 1 heterocycles. The molecule has 1 fully saturated rings. The van der Waals surface area contributed by atoms with Gasteiger partial charge in [0, 0.05) is 19.1 Å². The predicted octanol–water partition coefficient (Wildman–Crippen LogP) is 4.48. The third-order valence-electron chi connectivity index (χ3n) is 5.05. The number of aryl methyl sites for hydroxylation is 1. The van der Waals surface area contributed by atoms with E-state index < -0.39 is 0 Å². The molecule has 0 radical (unpaired) electrons. The van der Waals surface area contributed by atoms with Crippen molar-refractivity contribution in [2.75, 3.05) is 32.8 Å². The van der Waals surface area contributed by atoms with Gasteiger partial charge in [0.15, 0.2) is 0 Å². The van der Waals surface area contributed by atoms with Gasteiger partial charge in [0.05, 0.1) is 0 Å². The van der Waals surface area contributed by atoms with Gasteiger partial charge in [0.25, 0.3) is 0 Å². The van der Waals surface area contributed by atoms with Crippen molar-refractivity contribution in [1.82, 2.24) is 9.80 Å². The summed E-state index contributed by atoms with van der Waals surface area (Å²) in [6, 6.07) is 7.18. The fourth-order valence-electron chi connectivity index (χ4n) is 3.44. The zero-order valence-corrected chi connectivity index (χ0v) is 16.2. The molecule has 0 saturated carbocycles. The number of piperidine rings is 1. The van der Waals surface area contributed by atoms with E-state index in [0.717, 1.165) is 32.0 Å². The van der Waals surface area contributed by atoms with Crippen LogP contribution in [0, 0.1) is 6.92 Å². The molecule has 0 spiro atoms. The molecule has 0 atom stereocenters. The smallest absolute Gasteiger partial charge is 0.119 e. The Labute approximate surface area is 149 Å². The normalized spacial score (nSPS) is 16.1. The van der Waals surface area contributed by atoms with Crippen LogP contribution in [-0.4, -0.2) is 48.6 Å². The van der Waals surface area contributed by atoms with E-state index >= 15 is 0 Å². The van der Waals surface area contributed by atoms with Gasteiger partial charge in [-0.05, 0) is 82.9 Å². The SMILES string of the molecule is CCCN(Cc1ccc(OCCN2CCCCC2)cc1C)C(C)C. The van der Waals surface area contributed by atoms with Crippen LogP contribution in [0.1, 0.15) is 57.6 Å². The number of nitrogens with zero attached hydrogens (tertiary/aromatic N) is 2.